The third-order valence-electron chi connectivity index (χ3n) is 4.16. The second kappa shape index (κ2) is 7.41. The van der Waals surface area contributed by atoms with E-state index >= 15 is 0 Å². The Morgan fingerprint density at radius 1 is 1.22 bits per heavy atom. The highest BCUT2D eigenvalue weighted by Gasteiger charge is 2.19. The van der Waals surface area contributed by atoms with E-state index in [1.807, 2.05) is 13.8 Å². The molecule has 0 atom stereocenters. The number of aryl methyl sites for hydroxylation is 2. The number of thioether (sulfide) groups is 1. The predicted molar refractivity (Wildman–Crippen MR) is 93.7 cm³/mol. The van der Waals surface area contributed by atoms with Gasteiger partial charge in [0, 0.05) is 17.1 Å². The number of hydrogen-bond donors (Lipinski definition) is 0. The standard InChI is InChI=1S/C17H20N4S2/c1-11-15(8-18)17(20-12(2)19-11)23-10-14-9-22-16(21-14)13-6-4-3-5-7-13/h9,13H,3-7,10H2,1-2H3. The van der Waals surface area contributed by atoms with E-state index < -0.39 is 0 Å². The zero-order valence-electron chi connectivity index (χ0n) is 13.5. The molecule has 2 aromatic rings. The highest BCUT2D eigenvalue weighted by atomic mass is 32.2. The maximum atomic E-state index is 9.30. The summed E-state index contributed by atoms with van der Waals surface area (Å²) in [5.41, 5.74) is 2.44. The molecule has 23 heavy (non-hydrogen) atoms. The van der Waals surface area contributed by atoms with Crippen molar-refractivity contribution >= 4 is 23.1 Å². The van der Waals surface area contributed by atoms with Crippen LogP contribution in [-0.4, -0.2) is 15.0 Å². The highest BCUT2D eigenvalue weighted by Crippen LogP contribution is 2.35. The van der Waals surface area contributed by atoms with Crippen LogP contribution in [0.25, 0.3) is 0 Å². The van der Waals surface area contributed by atoms with Crippen molar-refractivity contribution in [1.82, 2.24) is 15.0 Å². The Balaban J connectivity index is 1.69. The van der Waals surface area contributed by atoms with Crippen molar-refractivity contribution in [3.05, 3.63) is 33.2 Å². The number of nitriles is 1. The molecule has 1 saturated carbocycles. The minimum absolute atomic E-state index is 0.586. The minimum Gasteiger partial charge on any atom is -0.245 e. The topological polar surface area (TPSA) is 62.5 Å². The molecule has 3 rings (SSSR count). The first-order valence-corrected chi connectivity index (χ1v) is 9.86. The quantitative estimate of drug-likeness (QED) is 0.591. The molecule has 2 heterocycles. The van der Waals surface area contributed by atoms with Gasteiger partial charge in [0.15, 0.2) is 0 Å². The lowest BCUT2D eigenvalue weighted by molar-refractivity contribution is 0.442. The molecule has 2 aromatic heterocycles. The molecule has 4 nitrogen and oxygen atoms in total. The van der Waals surface area contributed by atoms with E-state index in [1.54, 1.807) is 23.1 Å². The number of thiazole rings is 1. The van der Waals surface area contributed by atoms with Crippen LogP contribution < -0.4 is 0 Å². The van der Waals surface area contributed by atoms with Crippen LogP contribution in [0.5, 0.6) is 0 Å². The number of nitrogens with zero attached hydrogens (tertiary/aromatic N) is 4. The number of aromatic nitrogens is 3. The first kappa shape index (κ1) is 16.4. The van der Waals surface area contributed by atoms with Gasteiger partial charge in [-0.2, -0.15) is 5.26 Å². The second-order valence-corrected chi connectivity index (χ2v) is 7.80. The van der Waals surface area contributed by atoms with Crippen molar-refractivity contribution in [3.63, 3.8) is 0 Å². The molecule has 0 amide bonds. The monoisotopic (exact) mass is 344 g/mol. The first-order chi connectivity index (χ1) is 11.2. The molecule has 0 saturated heterocycles. The molecule has 0 radical (unpaired) electrons. The molecule has 1 aliphatic rings. The Morgan fingerprint density at radius 3 is 2.74 bits per heavy atom. The van der Waals surface area contributed by atoms with Crippen LogP contribution in [0.3, 0.4) is 0 Å². The van der Waals surface area contributed by atoms with Crippen molar-refractivity contribution in [1.29, 1.82) is 5.26 Å². The van der Waals surface area contributed by atoms with Crippen LogP contribution in [-0.2, 0) is 5.75 Å². The van der Waals surface area contributed by atoms with Gasteiger partial charge in [0.05, 0.1) is 16.4 Å². The molecule has 0 aromatic carbocycles. The van der Waals surface area contributed by atoms with Crippen molar-refractivity contribution in [2.24, 2.45) is 0 Å². The Labute approximate surface area is 145 Å². The van der Waals surface area contributed by atoms with Crippen LogP contribution >= 0.6 is 23.1 Å². The normalized spacial score (nSPS) is 15.5. The van der Waals surface area contributed by atoms with Gasteiger partial charge < -0.3 is 0 Å². The van der Waals surface area contributed by atoms with Crippen molar-refractivity contribution in [3.8, 4) is 6.07 Å². The van der Waals surface area contributed by atoms with Crippen molar-refractivity contribution in [2.75, 3.05) is 0 Å². The minimum atomic E-state index is 0.586. The van der Waals surface area contributed by atoms with Crippen molar-refractivity contribution < 1.29 is 0 Å². The molecule has 0 spiro atoms. The summed E-state index contributed by atoms with van der Waals surface area (Å²) in [4.78, 5) is 13.5. The Hall–Kier alpha value is -1.45. The van der Waals surface area contributed by atoms with E-state index in [-0.39, 0.29) is 0 Å². The van der Waals surface area contributed by atoms with E-state index in [4.69, 9.17) is 4.98 Å². The van der Waals surface area contributed by atoms with Crippen LogP contribution in [0.4, 0.5) is 0 Å². The molecule has 0 unspecified atom stereocenters. The zero-order valence-corrected chi connectivity index (χ0v) is 15.1. The van der Waals surface area contributed by atoms with Gasteiger partial charge in [-0.15, -0.1) is 11.3 Å². The molecule has 1 fully saturated rings. The van der Waals surface area contributed by atoms with Crippen LogP contribution in [0, 0.1) is 25.2 Å². The van der Waals surface area contributed by atoms with Crippen molar-refractivity contribution in [2.45, 2.75) is 62.6 Å². The van der Waals surface area contributed by atoms with E-state index in [1.165, 1.54) is 37.1 Å². The second-order valence-electron chi connectivity index (χ2n) is 5.95. The molecule has 0 bridgehead atoms. The largest absolute Gasteiger partial charge is 0.245 e. The predicted octanol–water partition coefficient (Wildman–Crippen LogP) is 4.76. The van der Waals surface area contributed by atoms with Gasteiger partial charge in [-0.25, -0.2) is 15.0 Å². The summed E-state index contributed by atoms with van der Waals surface area (Å²) < 4.78 is 0. The molecular weight excluding hydrogens is 324 g/mol. The summed E-state index contributed by atoms with van der Waals surface area (Å²) in [6.07, 6.45) is 6.60. The van der Waals surface area contributed by atoms with E-state index in [9.17, 15) is 5.26 Å². The molecular formula is C17H20N4S2. The smallest absolute Gasteiger partial charge is 0.126 e. The summed E-state index contributed by atoms with van der Waals surface area (Å²) in [6.45, 7) is 3.73. The fraction of sp³-hybridized carbons (Fsp3) is 0.529. The molecule has 0 aliphatic heterocycles. The van der Waals surface area contributed by atoms with Gasteiger partial charge in [0.1, 0.15) is 22.5 Å². The summed E-state index contributed by atoms with van der Waals surface area (Å²) in [5.74, 6) is 2.13. The van der Waals surface area contributed by atoms with Gasteiger partial charge in [-0.3, -0.25) is 0 Å². The molecule has 0 N–H and O–H groups in total. The van der Waals surface area contributed by atoms with E-state index in [0.29, 0.717) is 17.3 Å². The third kappa shape index (κ3) is 3.91. The lowest BCUT2D eigenvalue weighted by atomic mass is 9.90. The van der Waals surface area contributed by atoms with Crippen LogP contribution in [0.15, 0.2) is 10.4 Å². The highest BCUT2D eigenvalue weighted by molar-refractivity contribution is 7.98. The SMILES string of the molecule is Cc1nc(C)c(C#N)c(SCc2csc(C3CCCCC3)n2)n1. The van der Waals surface area contributed by atoms with Crippen LogP contribution in [0.1, 0.15) is 65.8 Å². The molecule has 1 aliphatic carbocycles. The number of rotatable bonds is 4. The third-order valence-corrected chi connectivity index (χ3v) is 6.23. The fourth-order valence-corrected chi connectivity index (χ4v) is 5.05. The fourth-order valence-electron chi connectivity index (χ4n) is 2.98. The zero-order chi connectivity index (χ0) is 16.2. The van der Waals surface area contributed by atoms with E-state index in [0.717, 1.165) is 22.2 Å². The average molecular weight is 345 g/mol. The summed E-state index contributed by atoms with van der Waals surface area (Å²) in [6, 6.07) is 2.22. The average Bonchev–Trinajstić information content (AvgIpc) is 3.02. The lowest BCUT2D eigenvalue weighted by Crippen LogP contribution is -2.04. The summed E-state index contributed by atoms with van der Waals surface area (Å²) >= 11 is 3.37. The van der Waals surface area contributed by atoms with E-state index in [2.05, 4.69) is 21.4 Å². The van der Waals surface area contributed by atoms with Gasteiger partial charge in [0.2, 0.25) is 0 Å². The van der Waals surface area contributed by atoms with Gasteiger partial charge in [0.25, 0.3) is 0 Å². The molecule has 120 valence electrons. The first-order valence-electron chi connectivity index (χ1n) is 8.00. The van der Waals surface area contributed by atoms with Gasteiger partial charge in [-0.05, 0) is 26.7 Å². The van der Waals surface area contributed by atoms with Crippen LogP contribution in [0.2, 0.25) is 0 Å². The maximum Gasteiger partial charge on any atom is 0.126 e. The van der Waals surface area contributed by atoms with Gasteiger partial charge in [-0.1, -0.05) is 31.0 Å². The number of hydrogen-bond acceptors (Lipinski definition) is 6. The maximum absolute atomic E-state index is 9.30. The Bertz CT molecular complexity index is 727. The lowest BCUT2D eigenvalue weighted by Gasteiger charge is -2.18. The summed E-state index contributed by atoms with van der Waals surface area (Å²) in [5, 5.41) is 13.5. The Kier molecular flexibility index (Phi) is 5.29. The van der Waals surface area contributed by atoms with Gasteiger partial charge >= 0.3 is 0 Å². The Morgan fingerprint density at radius 2 is 2.00 bits per heavy atom. The summed E-state index contributed by atoms with van der Waals surface area (Å²) in [7, 11) is 0. The molecule has 6 heteroatoms.